The van der Waals surface area contributed by atoms with Crippen molar-refractivity contribution in [3.8, 4) is 0 Å². The molecular weight excluding hydrogens is 90.1 g/mol. The third-order valence-electron chi connectivity index (χ3n) is 0.558. The molecule has 0 saturated carbocycles. The SMILES string of the molecule is CN/C=C(\C)C=O. The molecule has 0 aromatic rings. The van der Waals surface area contributed by atoms with Gasteiger partial charge >= 0.3 is 0 Å². The van der Waals surface area contributed by atoms with Gasteiger partial charge in [-0.05, 0) is 6.92 Å². The first kappa shape index (κ1) is 6.21. The Hall–Kier alpha value is -0.790. The van der Waals surface area contributed by atoms with Gasteiger partial charge in [0.15, 0.2) is 0 Å². The van der Waals surface area contributed by atoms with Gasteiger partial charge in [0.25, 0.3) is 0 Å². The van der Waals surface area contributed by atoms with Gasteiger partial charge in [-0.1, -0.05) is 0 Å². The van der Waals surface area contributed by atoms with Crippen molar-refractivity contribution in [1.29, 1.82) is 0 Å². The molecule has 0 fully saturated rings. The van der Waals surface area contributed by atoms with Gasteiger partial charge in [0, 0.05) is 18.8 Å². The van der Waals surface area contributed by atoms with E-state index in [2.05, 4.69) is 5.32 Å². The molecule has 0 bridgehead atoms. The van der Waals surface area contributed by atoms with Crippen LogP contribution in [0.3, 0.4) is 0 Å². The predicted octanol–water partition coefficient (Wildman–Crippen LogP) is 0.309. The van der Waals surface area contributed by atoms with Crippen molar-refractivity contribution >= 4 is 6.29 Å². The van der Waals surface area contributed by atoms with Crippen LogP contribution < -0.4 is 5.32 Å². The van der Waals surface area contributed by atoms with Gasteiger partial charge in [-0.2, -0.15) is 0 Å². The van der Waals surface area contributed by atoms with Crippen molar-refractivity contribution in [1.82, 2.24) is 5.32 Å². The zero-order valence-corrected chi connectivity index (χ0v) is 4.56. The quantitative estimate of drug-likeness (QED) is 0.398. The molecule has 7 heavy (non-hydrogen) atoms. The van der Waals surface area contributed by atoms with E-state index < -0.39 is 0 Å². The lowest BCUT2D eigenvalue weighted by Gasteiger charge is -1.84. The van der Waals surface area contributed by atoms with Crippen LogP contribution in [0.15, 0.2) is 11.8 Å². The molecule has 0 amide bonds. The van der Waals surface area contributed by atoms with Crippen LogP contribution in [-0.2, 0) is 4.79 Å². The third kappa shape index (κ3) is 3.03. The van der Waals surface area contributed by atoms with Crippen molar-refractivity contribution in [3.63, 3.8) is 0 Å². The molecule has 0 rings (SSSR count). The van der Waals surface area contributed by atoms with E-state index in [4.69, 9.17) is 0 Å². The number of rotatable bonds is 2. The highest BCUT2D eigenvalue weighted by atomic mass is 16.1. The van der Waals surface area contributed by atoms with E-state index in [1.165, 1.54) is 0 Å². The number of carbonyl (C=O) groups is 1. The van der Waals surface area contributed by atoms with E-state index in [-0.39, 0.29) is 0 Å². The standard InChI is InChI=1S/C5H9NO/c1-5(4-7)3-6-2/h3-4,6H,1-2H3/b5-3+. The van der Waals surface area contributed by atoms with Crippen LogP contribution in [0.1, 0.15) is 6.92 Å². The van der Waals surface area contributed by atoms with Gasteiger partial charge in [0.05, 0.1) is 0 Å². The lowest BCUT2D eigenvalue weighted by Crippen LogP contribution is -1.94. The Balaban J connectivity index is 3.49. The minimum Gasteiger partial charge on any atom is -0.394 e. The molecule has 0 aromatic heterocycles. The summed E-state index contributed by atoms with van der Waals surface area (Å²) in [6.07, 6.45) is 2.45. The summed E-state index contributed by atoms with van der Waals surface area (Å²) in [4.78, 5) is 9.79. The van der Waals surface area contributed by atoms with Crippen LogP contribution in [-0.4, -0.2) is 13.3 Å². The molecule has 0 aliphatic carbocycles. The maximum atomic E-state index is 9.79. The highest BCUT2D eigenvalue weighted by Crippen LogP contribution is 1.78. The molecule has 40 valence electrons. The van der Waals surface area contributed by atoms with Crippen LogP contribution in [0.25, 0.3) is 0 Å². The Labute approximate surface area is 43.2 Å². The van der Waals surface area contributed by atoms with Gasteiger partial charge in [-0.15, -0.1) is 0 Å². The molecule has 0 aromatic carbocycles. The van der Waals surface area contributed by atoms with Crippen molar-refractivity contribution in [2.45, 2.75) is 6.92 Å². The van der Waals surface area contributed by atoms with Crippen molar-refractivity contribution < 1.29 is 4.79 Å². The molecule has 0 aliphatic rings. The van der Waals surface area contributed by atoms with Gasteiger partial charge in [-0.3, -0.25) is 4.79 Å². The van der Waals surface area contributed by atoms with E-state index in [9.17, 15) is 4.79 Å². The number of allylic oxidation sites excluding steroid dienone is 1. The van der Waals surface area contributed by atoms with E-state index in [1.54, 1.807) is 20.2 Å². The van der Waals surface area contributed by atoms with Crippen molar-refractivity contribution in [2.75, 3.05) is 7.05 Å². The number of nitrogens with one attached hydrogen (secondary N) is 1. The van der Waals surface area contributed by atoms with Gasteiger partial charge in [0.1, 0.15) is 6.29 Å². The molecule has 0 aliphatic heterocycles. The zero-order chi connectivity index (χ0) is 5.70. The van der Waals surface area contributed by atoms with Gasteiger partial charge in [0.2, 0.25) is 0 Å². The predicted molar refractivity (Wildman–Crippen MR) is 28.9 cm³/mol. The summed E-state index contributed by atoms with van der Waals surface area (Å²) in [5.74, 6) is 0. The fourth-order valence-corrected chi connectivity index (χ4v) is 0.262. The molecule has 0 heterocycles. The first-order valence-corrected chi connectivity index (χ1v) is 2.10. The summed E-state index contributed by atoms with van der Waals surface area (Å²) in [5, 5.41) is 2.73. The lowest BCUT2D eigenvalue weighted by atomic mass is 10.4. The average molecular weight is 99.1 g/mol. The molecule has 0 saturated heterocycles. The monoisotopic (exact) mass is 99.1 g/mol. The van der Waals surface area contributed by atoms with Crippen molar-refractivity contribution in [3.05, 3.63) is 11.8 Å². The molecule has 0 spiro atoms. The largest absolute Gasteiger partial charge is 0.394 e. The fraction of sp³-hybridized carbons (Fsp3) is 0.400. The minimum absolute atomic E-state index is 0.711. The number of aldehydes is 1. The van der Waals surface area contributed by atoms with E-state index in [0.717, 1.165) is 6.29 Å². The molecule has 0 radical (unpaired) electrons. The maximum Gasteiger partial charge on any atom is 0.147 e. The van der Waals surface area contributed by atoms with Crippen LogP contribution in [0.5, 0.6) is 0 Å². The summed E-state index contributed by atoms with van der Waals surface area (Å²) in [7, 11) is 1.76. The smallest absolute Gasteiger partial charge is 0.147 e. The summed E-state index contributed by atoms with van der Waals surface area (Å²) in [5.41, 5.74) is 0.711. The highest BCUT2D eigenvalue weighted by molar-refractivity contribution is 5.71. The zero-order valence-electron chi connectivity index (χ0n) is 4.56. The third-order valence-corrected chi connectivity index (χ3v) is 0.558. The Morgan fingerprint density at radius 3 is 2.43 bits per heavy atom. The first-order valence-electron chi connectivity index (χ1n) is 2.10. The summed E-state index contributed by atoms with van der Waals surface area (Å²) >= 11 is 0. The van der Waals surface area contributed by atoms with Crippen LogP contribution >= 0.6 is 0 Å². The van der Waals surface area contributed by atoms with E-state index >= 15 is 0 Å². The summed E-state index contributed by atoms with van der Waals surface area (Å²) < 4.78 is 0. The maximum absolute atomic E-state index is 9.79. The Bertz CT molecular complexity index is 86.1. The molecule has 0 atom stereocenters. The normalized spacial score (nSPS) is 10.9. The van der Waals surface area contributed by atoms with Crippen LogP contribution in [0.2, 0.25) is 0 Å². The Kier molecular flexibility index (Phi) is 3.02. The molecule has 1 N–H and O–H groups in total. The highest BCUT2D eigenvalue weighted by Gasteiger charge is 1.75. The Morgan fingerprint density at radius 2 is 2.29 bits per heavy atom. The molecule has 0 unspecified atom stereocenters. The second-order valence-corrected chi connectivity index (χ2v) is 1.29. The molecule has 2 nitrogen and oxygen atoms in total. The van der Waals surface area contributed by atoms with E-state index in [0.29, 0.717) is 5.57 Å². The van der Waals surface area contributed by atoms with Crippen LogP contribution in [0, 0.1) is 0 Å². The van der Waals surface area contributed by atoms with Crippen LogP contribution in [0.4, 0.5) is 0 Å². The molecule has 2 heteroatoms. The number of carbonyl (C=O) groups excluding carboxylic acids is 1. The average Bonchev–Trinajstić information content (AvgIpc) is 1.68. The second-order valence-electron chi connectivity index (χ2n) is 1.29. The number of hydrogen-bond acceptors (Lipinski definition) is 2. The second kappa shape index (κ2) is 3.40. The summed E-state index contributed by atoms with van der Waals surface area (Å²) in [6.45, 7) is 1.74. The Morgan fingerprint density at radius 1 is 1.71 bits per heavy atom. The van der Waals surface area contributed by atoms with E-state index in [1.807, 2.05) is 0 Å². The fourth-order valence-electron chi connectivity index (χ4n) is 0.262. The lowest BCUT2D eigenvalue weighted by molar-refractivity contribution is -0.104. The first-order chi connectivity index (χ1) is 3.31. The number of hydrogen-bond donors (Lipinski definition) is 1. The van der Waals surface area contributed by atoms with Gasteiger partial charge < -0.3 is 5.32 Å². The van der Waals surface area contributed by atoms with Gasteiger partial charge in [-0.25, -0.2) is 0 Å². The minimum atomic E-state index is 0.711. The summed E-state index contributed by atoms with van der Waals surface area (Å²) in [6, 6.07) is 0. The van der Waals surface area contributed by atoms with Crippen molar-refractivity contribution in [2.24, 2.45) is 0 Å². The topological polar surface area (TPSA) is 29.1 Å². The molecular formula is C5H9NO.